The van der Waals surface area contributed by atoms with Crippen molar-refractivity contribution in [3.8, 4) is 0 Å². The number of esters is 1. The van der Waals surface area contributed by atoms with Crippen LogP contribution in [-0.4, -0.2) is 35.5 Å². The standard InChI is InChI=1S/C14H26O4/c15-10-13(16)11-18-14(17)12-8-6-4-2-1-3-5-7-9-12/h12-13,15-16H,1-11H2. The first-order valence-electron chi connectivity index (χ1n) is 7.19. The molecule has 0 amide bonds. The lowest BCUT2D eigenvalue weighted by Crippen LogP contribution is -2.26. The Kier molecular flexibility index (Phi) is 8.01. The van der Waals surface area contributed by atoms with Crippen LogP contribution in [0.4, 0.5) is 0 Å². The van der Waals surface area contributed by atoms with E-state index in [9.17, 15) is 4.79 Å². The fourth-order valence-corrected chi connectivity index (χ4v) is 2.39. The molecule has 1 rings (SSSR count). The molecule has 0 aromatic carbocycles. The molecule has 4 nitrogen and oxygen atoms in total. The Morgan fingerprint density at radius 3 is 2.06 bits per heavy atom. The van der Waals surface area contributed by atoms with Gasteiger partial charge in [0.15, 0.2) is 0 Å². The van der Waals surface area contributed by atoms with Crippen molar-refractivity contribution < 1.29 is 19.7 Å². The molecule has 1 saturated carbocycles. The Labute approximate surface area is 109 Å². The van der Waals surface area contributed by atoms with Crippen LogP contribution in [0.3, 0.4) is 0 Å². The number of ether oxygens (including phenoxy) is 1. The summed E-state index contributed by atoms with van der Waals surface area (Å²) < 4.78 is 5.05. The lowest BCUT2D eigenvalue weighted by Gasteiger charge is -2.18. The van der Waals surface area contributed by atoms with E-state index in [0.717, 1.165) is 25.7 Å². The van der Waals surface area contributed by atoms with Crippen LogP contribution in [0.15, 0.2) is 0 Å². The molecule has 1 fully saturated rings. The van der Waals surface area contributed by atoms with E-state index in [-0.39, 0.29) is 25.1 Å². The van der Waals surface area contributed by atoms with Gasteiger partial charge in [-0.15, -0.1) is 0 Å². The van der Waals surface area contributed by atoms with E-state index in [1.54, 1.807) is 0 Å². The summed E-state index contributed by atoms with van der Waals surface area (Å²) in [5.41, 5.74) is 0. The lowest BCUT2D eigenvalue weighted by molar-refractivity contribution is -0.152. The highest BCUT2D eigenvalue weighted by Gasteiger charge is 2.20. The van der Waals surface area contributed by atoms with Crippen LogP contribution in [0.1, 0.15) is 57.8 Å². The normalized spacial score (nSPS) is 21.2. The number of aliphatic hydroxyl groups is 2. The molecule has 0 heterocycles. The van der Waals surface area contributed by atoms with E-state index in [4.69, 9.17) is 14.9 Å². The zero-order valence-electron chi connectivity index (χ0n) is 11.1. The fraction of sp³-hybridized carbons (Fsp3) is 0.929. The third kappa shape index (κ3) is 6.36. The van der Waals surface area contributed by atoms with Gasteiger partial charge in [0.2, 0.25) is 0 Å². The minimum Gasteiger partial charge on any atom is -0.463 e. The third-order valence-corrected chi connectivity index (χ3v) is 3.57. The van der Waals surface area contributed by atoms with Crippen molar-refractivity contribution >= 4 is 5.97 Å². The highest BCUT2D eigenvalue weighted by atomic mass is 16.5. The highest BCUT2D eigenvalue weighted by molar-refractivity contribution is 5.72. The first kappa shape index (κ1) is 15.4. The van der Waals surface area contributed by atoms with E-state index >= 15 is 0 Å². The average molecular weight is 258 g/mol. The summed E-state index contributed by atoms with van der Waals surface area (Å²) in [5, 5.41) is 17.8. The molecule has 0 aromatic heterocycles. The summed E-state index contributed by atoms with van der Waals surface area (Å²) in [6.07, 6.45) is 9.26. The van der Waals surface area contributed by atoms with Gasteiger partial charge in [-0.25, -0.2) is 0 Å². The van der Waals surface area contributed by atoms with Crippen LogP contribution in [-0.2, 0) is 9.53 Å². The largest absolute Gasteiger partial charge is 0.463 e. The Morgan fingerprint density at radius 1 is 1.06 bits per heavy atom. The second kappa shape index (κ2) is 9.34. The summed E-state index contributed by atoms with van der Waals surface area (Å²) in [7, 11) is 0. The van der Waals surface area contributed by atoms with Gasteiger partial charge in [0.05, 0.1) is 12.5 Å². The number of hydrogen-bond acceptors (Lipinski definition) is 4. The van der Waals surface area contributed by atoms with Crippen LogP contribution in [0.2, 0.25) is 0 Å². The average Bonchev–Trinajstić information content (AvgIpc) is 2.41. The monoisotopic (exact) mass is 258 g/mol. The first-order chi connectivity index (χ1) is 8.74. The molecule has 4 heteroatoms. The molecule has 1 aliphatic carbocycles. The smallest absolute Gasteiger partial charge is 0.309 e. The highest BCUT2D eigenvalue weighted by Crippen LogP contribution is 2.22. The van der Waals surface area contributed by atoms with Gasteiger partial charge in [0, 0.05) is 0 Å². The molecular weight excluding hydrogens is 232 g/mol. The predicted octanol–water partition coefficient (Wildman–Crippen LogP) is 2.02. The summed E-state index contributed by atoms with van der Waals surface area (Å²) in [6.45, 7) is -0.455. The lowest BCUT2D eigenvalue weighted by atomic mass is 9.92. The Balaban J connectivity index is 2.32. The zero-order valence-corrected chi connectivity index (χ0v) is 11.1. The van der Waals surface area contributed by atoms with E-state index in [0.29, 0.717) is 0 Å². The van der Waals surface area contributed by atoms with Crippen molar-refractivity contribution in [2.75, 3.05) is 13.2 Å². The molecule has 2 N–H and O–H groups in total. The number of carbonyl (C=O) groups excluding carboxylic acids is 1. The van der Waals surface area contributed by atoms with Gasteiger partial charge in [-0.1, -0.05) is 44.9 Å². The molecule has 1 aliphatic rings. The molecule has 106 valence electrons. The molecule has 1 atom stereocenters. The van der Waals surface area contributed by atoms with Gasteiger partial charge >= 0.3 is 5.97 Å². The van der Waals surface area contributed by atoms with Gasteiger partial charge in [0.25, 0.3) is 0 Å². The number of hydrogen-bond donors (Lipinski definition) is 2. The van der Waals surface area contributed by atoms with Crippen LogP contribution < -0.4 is 0 Å². The SMILES string of the molecule is O=C(OCC(O)CO)C1CCCCCCCCC1. The van der Waals surface area contributed by atoms with Crippen molar-refractivity contribution in [2.24, 2.45) is 5.92 Å². The molecule has 1 unspecified atom stereocenters. The zero-order chi connectivity index (χ0) is 13.2. The van der Waals surface area contributed by atoms with Crippen LogP contribution >= 0.6 is 0 Å². The molecule has 0 aliphatic heterocycles. The molecule has 0 saturated heterocycles. The van der Waals surface area contributed by atoms with Gasteiger partial charge in [-0.3, -0.25) is 4.79 Å². The van der Waals surface area contributed by atoms with Crippen LogP contribution in [0.5, 0.6) is 0 Å². The van der Waals surface area contributed by atoms with Crippen LogP contribution in [0, 0.1) is 5.92 Å². The van der Waals surface area contributed by atoms with Gasteiger partial charge in [-0.05, 0) is 12.8 Å². The minimum absolute atomic E-state index is 0.0195. The Bertz CT molecular complexity index is 220. The van der Waals surface area contributed by atoms with E-state index < -0.39 is 6.10 Å². The van der Waals surface area contributed by atoms with Crippen molar-refractivity contribution in [3.63, 3.8) is 0 Å². The Morgan fingerprint density at radius 2 is 1.56 bits per heavy atom. The van der Waals surface area contributed by atoms with Crippen molar-refractivity contribution in [2.45, 2.75) is 63.9 Å². The predicted molar refractivity (Wildman–Crippen MR) is 69.1 cm³/mol. The summed E-state index contributed by atoms with van der Waals surface area (Å²) in [5.74, 6) is -0.225. The van der Waals surface area contributed by atoms with E-state index in [1.165, 1.54) is 32.1 Å². The van der Waals surface area contributed by atoms with Crippen LogP contribution in [0.25, 0.3) is 0 Å². The van der Waals surface area contributed by atoms with Gasteiger partial charge in [0.1, 0.15) is 12.7 Å². The van der Waals surface area contributed by atoms with E-state index in [1.807, 2.05) is 0 Å². The Hall–Kier alpha value is -0.610. The second-order valence-corrected chi connectivity index (χ2v) is 5.22. The second-order valence-electron chi connectivity index (χ2n) is 5.22. The number of aliphatic hydroxyl groups excluding tert-OH is 2. The molecule has 18 heavy (non-hydrogen) atoms. The maximum atomic E-state index is 11.9. The molecular formula is C14H26O4. The maximum absolute atomic E-state index is 11.9. The third-order valence-electron chi connectivity index (χ3n) is 3.57. The van der Waals surface area contributed by atoms with Crippen molar-refractivity contribution in [1.29, 1.82) is 0 Å². The molecule has 0 spiro atoms. The molecule has 0 bridgehead atoms. The number of rotatable bonds is 4. The quantitative estimate of drug-likeness (QED) is 0.757. The summed E-state index contributed by atoms with van der Waals surface area (Å²) in [6, 6.07) is 0. The topological polar surface area (TPSA) is 66.8 Å². The van der Waals surface area contributed by atoms with Gasteiger partial charge < -0.3 is 14.9 Å². The van der Waals surface area contributed by atoms with E-state index in [2.05, 4.69) is 0 Å². The molecule has 0 radical (unpaired) electrons. The summed E-state index contributed by atoms with van der Waals surface area (Å²) >= 11 is 0. The van der Waals surface area contributed by atoms with Gasteiger partial charge in [-0.2, -0.15) is 0 Å². The maximum Gasteiger partial charge on any atom is 0.309 e. The number of carbonyl (C=O) groups is 1. The minimum atomic E-state index is -0.950. The van der Waals surface area contributed by atoms with Crippen molar-refractivity contribution in [3.05, 3.63) is 0 Å². The molecule has 0 aromatic rings. The first-order valence-corrected chi connectivity index (χ1v) is 7.19. The fourth-order valence-electron chi connectivity index (χ4n) is 2.39. The van der Waals surface area contributed by atoms with Crippen molar-refractivity contribution in [1.82, 2.24) is 0 Å². The summed E-state index contributed by atoms with van der Waals surface area (Å²) in [4.78, 5) is 11.9.